The molecule has 1 heterocycles. The Morgan fingerprint density at radius 1 is 0.569 bits per heavy atom. The highest BCUT2D eigenvalue weighted by Gasteiger charge is 2.26. The molecule has 0 saturated carbocycles. The number of Topliss-reactive ketones (excluding diaryl/α,β-unsaturated/α-hetero) is 1. The van der Waals surface area contributed by atoms with Gasteiger partial charge in [0.25, 0.3) is 0 Å². The van der Waals surface area contributed by atoms with Gasteiger partial charge < -0.3 is 55.4 Å². The van der Waals surface area contributed by atoms with E-state index in [1.54, 1.807) is 0 Å². The van der Waals surface area contributed by atoms with Crippen molar-refractivity contribution in [3.63, 3.8) is 0 Å². The molecule has 8 N–H and O–H groups in total. The molecule has 1 radical (unpaired) electrons. The molecule has 0 aliphatic carbocycles. The van der Waals surface area contributed by atoms with Gasteiger partial charge in [-0.1, -0.05) is 83.5 Å². The number of unbranched alkanes of at least 4 members (excludes halogenated alkanes) is 14. The first kappa shape index (κ1) is 58.5. The number of amides is 4. The number of carbonyl (C=O) groups excluding carboxylic acids is 5. The predicted octanol–water partition coefficient (Wildman–Crippen LogP) is 3.29. The number of carboxylic acids is 2. The Kier molecular flexibility index (Phi) is 36.9. The molecule has 65 heavy (non-hydrogen) atoms. The first-order chi connectivity index (χ1) is 31.5. The smallest absolute Gasteiger partial charge is 0.322 e. The minimum Gasteiger partial charge on any atom is -0.481 e. The van der Waals surface area contributed by atoms with Gasteiger partial charge in [0.2, 0.25) is 23.6 Å². The van der Waals surface area contributed by atoms with Crippen molar-refractivity contribution in [2.75, 3.05) is 79.0 Å². The van der Waals surface area contributed by atoms with Crippen molar-refractivity contribution in [3.05, 3.63) is 18.2 Å². The van der Waals surface area contributed by atoms with Crippen LogP contribution >= 0.6 is 0 Å². The quantitative estimate of drug-likeness (QED) is 0.0462. The number of hydrogen-bond acceptors (Lipinski definition) is 12. The number of aliphatic carboxylic acids is 2. The molecule has 0 spiro atoms. The van der Waals surface area contributed by atoms with Gasteiger partial charge in [0, 0.05) is 63.1 Å². The van der Waals surface area contributed by atoms with E-state index in [9.17, 15) is 33.6 Å². The van der Waals surface area contributed by atoms with Crippen molar-refractivity contribution in [2.45, 2.75) is 141 Å². The van der Waals surface area contributed by atoms with Crippen molar-refractivity contribution in [1.82, 2.24) is 37.0 Å². The van der Waals surface area contributed by atoms with Crippen molar-refractivity contribution in [2.24, 2.45) is 5.92 Å². The third-order valence-electron chi connectivity index (χ3n) is 10.3. The van der Waals surface area contributed by atoms with Crippen molar-refractivity contribution in [1.29, 1.82) is 0 Å². The zero-order valence-electron chi connectivity index (χ0n) is 38.5. The van der Waals surface area contributed by atoms with Crippen LogP contribution in [0, 0.1) is 5.92 Å². The summed E-state index contributed by atoms with van der Waals surface area (Å²) in [7, 11) is 0. The highest BCUT2D eigenvalue weighted by Crippen LogP contribution is 2.17. The maximum Gasteiger partial charge on any atom is 0.322 e. The predicted molar refractivity (Wildman–Crippen MR) is 241 cm³/mol. The summed E-state index contributed by atoms with van der Waals surface area (Å²) in [6.45, 7) is 1.63. The van der Waals surface area contributed by atoms with E-state index < -0.39 is 42.1 Å². The lowest BCUT2D eigenvalue weighted by atomic mass is 9.91. The largest absolute Gasteiger partial charge is 0.481 e. The van der Waals surface area contributed by atoms with Crippen LogP contribution in [0.1, 0.15) is 134 Å². The number of imidazole rings is 1. The van der Waals surface area contributed by atoms with Crippen molar-refractivity contribution in [3.8, 4) is 0 Å². The molecule has 0 aromatic carbocycles. The van der Waals surface area contributed by atoms with Crippen molar-refractivity contribution < 1.29 is 62.7 Å². The van der Waals surface area contributed by atoms with Gasteiger partial charge in [0.05, 0.1) is 52.0 Å². The van der Waals surface area contributed by atoms with E-state index >= 15 is 0 Å². The molecule has 20 heteroatoms. The number of hydrogen-bond donors (Lipinski definition) is 7. The Balaban J connectivity index is 1.91. The van der Waals surface area contributed by atoms with Crippen LogP contribution in [0.15, 0.2) is 12.5 Å². The summed E-state index contributed by atoms with van der Waals surface area (Å²) in [5.74, 6) is -4.33. The molecular formula is C45H78N7O13. The molecule has 0 unspecified atom stereocenters. The normalized spacial score (nSPS) is 12.0. The second-order valence-corrected chi connectivity index (χ2v) is 16.0. The number of rotatable bonds is 46. The third-order valence-corrected chi connectivity index (χ3v) is 10.3. The Morgan fingerprint density at radius 2 is 1.06 bits per heavy atom. The summed E-state index contributed by atoms with van der Waals surface area (Å²) in [5, 5.41) is 28.1. The maximum absolute atomic E-state index is 12.7. The third kappa shape index (κ3) is 37.4. The molecule has 1 aromatic heterocycles. The Hall–Kier alpha value is -4.50. The van der Waals surface area contributed by atoms with E-state index in [0.717, 1.165) is 38.5 Å². The topological polar surface area (TPSA) is 297 Å². The van der Waals surface area contributed by atoms with Gasteiger partial charge in [-0.3, -0.25) is 33.6 Å². The number of ether oxygens (including phenoxy) is 4. The first-order valence-electron chi connectivity index (χ1n) is 23.5. The van der Waals surface area contributed by atoms with Crippen LogP contribution in [0.2, 0.25) is 0 Å². The number of ketones is 1. The van der Waals surface area contributed by atoms with Crippen LogP contribution < -0.4 is 27.0 Å². The fourth-order valence-electron chi connectivity index (χ4n) is 6.66. The molecule has 0 aliphatic heterocycles. The van der Waals surface area contributed by atoms with E-state index in [4.69, 9.17) is 34.9 Å². The fraction of sp³-hybridized carbons (Fsp3) is 0.778. The van der Waals surface area contributed by atoms with Gasteiger partial charge in [-0.2, -0.15) is 0 Å². The molecule has 0 fully saturated rings. The van der Waals surface area contributed by atoms with Gasteiger partial charge in [-0.15, -0.1) is 0 Å². The summed E-state index contributed by atoms with van der Waals surface area (Å²) in [5.41, 5.74) is 8.77. The summed E-state index contributed by atoms with van der Waals surface area (Å²) < 4.78 is 21.5. The van der Waals surface area contributed by atoms with Crippen LogP contribution in [0.4, 0.5) is 0 Å². The summed E-state index contributed by atoms with van der Waals surface area (Å²) >= 11 is 0. The lowest BCUT2D eigenvalue weighted by molar-refractivity contribution is -0.139. The van der Waals surface area contributed by atoms with Crippen LogP contribution in [0.5, 0.6) is 0 Å². The Morgan fingerprint density at radius 3 is 1.57 bits per heavy atom. The van der Waals surface area contributed by atoms with E-state index in [1.807, 2.05) is 0 Å². The number of nitrogens with zero attached hydrogens (tertiary/aromatic N) is 1. The number of carbonyl (C=O) groups is 7. The number of nitrogens with one attached hydrogen (secondary N) is 6. The highest BCUT2D eigenvalue weighted by molar-refractivity contribution is 5.90. The minimum absolute atomic E-state index is 0.0253. The van der Waals surface area contributed by atoms with E-state index in [0.29, 0.717) is 51.3 Å². The van der Waals surface area contributed by atoms with Gasteiger partial charge >= 0.3 is 11.9 Å². The maximum atomic E-state index is 12.7. The molecule has 4 amide bonds. The van der Waals surface area contributed by atoms with Gasteiger partial charge in [0.15, 0.2) is 5.78 Å². The van der Waals surface area contributed by atoms with E-state index in [2.05, 4.69) is 31.2 Å². The SMILES string of the molecule is [NH][C@@H](Cc1cnc[nH]1)C(=O)C[C@@H](CCCCNC(=O)COCCOCCNC(=O)COCCOCCNC(=O)CCCCCCCCCCCCCCCCC(=O)O)C(=O)NCC(=O)O. The molecule has 371 valence electrons. The van der Waals surface area contributed by atoms with Crippen LogP contribution in [-0.4, -0.2) is 147 Å². The second-order valence-electron chi connectivity index (χ2n) is 16.0. The van der Waals surface area contributed by atoms with E-state index in [-0.39, 0.29) is 89.6 Å². The monoisotopic (exact) mass is 925 g/mol. The van der Waals surface area contributed by atoms with Gasteiger partial charge in [0.1, 0.15) is 19.8 Å². The average molecular weight is 925 g/mol. The number of aromatic nitrogens is 2. The molecule has 1 rings (SSSR count). The molecular weight excluding hydrogens is 847 g/mol. The van der Waals surface area contributed by atoms with Gasteiger partial charge in [-0.05, 0) is 25.7 Å². The van der Waals surface area contributed by atoms with Crippen LogP contribution in [0.25, 0.3) is 0 Å². The minimum atomic E-state index is -1.21. The van der Waals surface area contributed by atoms with Crippen LogP contribution in [-0.2, 0) is 58.9 Å². The number of carboxylic acid groups (broad SMARTS) is 2. The Labute approximate surface area is 384 Å². The van der Waals surface area contributed by atoms with Crippen LogP contribution in [0.3, 0.4) is 0 Å². The molecule has 0 saturated heterocycles. The number of H-pyrrole nitrogens is 1. The summed E-state index contributed by atoms with van der Waals surface area (Å²) in [6, 6.07) is -1.10. The van der Waals surface area contributed by atoms with Crippen molar-refractivity contribution >= 4 is 41.4 Å². The zero-order valence-corrected chi connectivity index (χ0v) is 38.5. The first-order valence-corrected chi connectivity index (χ1v) is 23.5. The fourth-order valence-corrected chi connectivity index (χ4v) is 6.66. The molecule has 20 nitrogen and oxygen atoms in total. The lowest BCUT2D eigenvalue weighted by Gasteiger charge is -2.17. The number of aromatic amines is 1. The molecule has 0 aliphatic rings. The van der Waals surface area contributed by atoms with E-state index in [1.165, 1.54) is 63.9 Å². The summed E-state index contributed by atoms with van der Waals surface area (Å²) in [6.07, 6.45) is 20.9. The lowest BCUT2D eigenvalue weighted by Crippen LogP contribution is -2.37. The standard InChI is InChI=1S/C45H78N7O13/c46-38(30-37-31-47-35-52-37)39(53)29-36(45(61)51-32-44(59)60)17-15-16-20-48-41(55)33-64-27-26-63-24-22-50-42(56)34-65-28-25-62-23-21-49-40(54)18-13-11-9-7-5-3-1-2-4-6-8-10-12-14-19-43(57)58/h31,35-36,38,46H,1-30,32-34H2,(H,47,52)(H,48,55)(H,49,54)(H,50,56)(H,51,61)(H,57,58)(H,59,60)/t36-,38+/m1/s1. The second kappa shape index (κ2) is 41.0. The van der Waals surface area contributed by atoms with Gasteiger partial charge in [-0.25, -0.2) is 10.7 Å². The average Bonchev–Trinajstić information content (AvgIpc) is 3.79. The Bertz CT molecular complexity index is 1430. The molecule has 0 bridgehead atoms. The summed E-state index contributed by atoms with van der Waals surface area (Å²) in [4.78, 5) is 89.5. The zero-order chi connectivity index (χ0) is 47.6. The molecule has 1 aromatic rings. The molecule has 2 atom stereocenters. The highest BCUT2D eigenvalue weighted by atomic mass is 16.5.